The predicted octanol–water partition coefficient (Wildman–Crippen LogP) is 1.28. The highest BCUT2D eigenvalue weighted by Gasteiger charge is 2.56. The molecule has 0 bridgehead atoms. The molecule has 0 fully saturated rings. The number of sulfone groups is 1. The van der Waals surface area contributed by atoms with Crippen LogP contribution < -0.4 is 5.32 Å². The van der Waals surface area contributed by atoms with Crippen LogP contribution in [0.3, 0.4) is 0 Å². The van der Waals surface area contributed by atoms with E-state index in [4.69, 9.17) is 4.42 Å². The van der Waals surface area contributed by atoms with Gasteiger partial charge in [-0.3, -0.25) is 4.79 Å². The summed E-state index contributed by atoms with van der Waals surface area (Å²) < 4.78 is 66.7. The molecule has 0 aliphatic rings. The number of aryl methyl sites for hydroxylation is 1. The van der Waals surface area contributed by atoms with E-state index in [0.717, 1.165) is 19.2 Å². The zero-order chi connectivity index (χ0) is 18.1. The van der Waals surface area contributed by atoms with Gasteiger partial charge in [0.2, 0.25) is 11.5 Å². The maximum Gasteiger partial charge on any atom is 0.424 e. The summed E-state index contributed by atoms with van der Waals surface area (Å²) >= 11 is 0. The van der Waals surface area contributed by atoms with Gasteiger partial charge in [0.1, 0.15) is 16.8 Å². The Kier molecular flexibility index (Phi) is 5.53. The second-order valence-corrected chi connectivity index (χ2v) is 7.65. The molecule has 1 aromatic heterocycles. The number of hydrogen-bond acceptors (Lipinski definition) is 5. The maximum atomic E-state index is 13.2. The number of amides is 1. The van der Waals surface area contributed by atoms with E-state index >= 15 is 0 Å². The zero-order valence-corrected chi connectivity index (χ0v) is 13.6. The highest BCUT2D eigenvalue weighted by atomic mass is 32.2. The van der Waals surface area contributed by atoms with Gasteiger partial charge in [-0.25, -0.2) is 8.42 Å². The summed E-state index contributed by atoms with van der Waals surface area (Å²) in [5, 5.41) is 10.6. The van der Waals surface area contributed by atoms with Gasteiger partial charge in [-0.15, -0.1) is 0 Å². The lowest BCUT2D eigenvalue weighted by atomic mass is 9.95. The molecule has 1 heterocycles. The van der Waals surface area contributed by atoms with Crippen molar-refractivity contribution in [1.82, 2.24) is 5.32 Å². The first-order chi connectivity index (χ1) is 10.3. The smallest absolute Gasteiger partial charge is 0.424 e. The van der Waals surface area contributed by atoms with Gasteiger partial charge in [0.15, 0.2) is 9.84 Å². The van der Waals surface area contributed by atoms with Crippen LogP contribution in [-0.2, 0) is 20.2 Å². The molecule has 1 rings (SSSR count). The molecule has 0 aliphatic heterocycles. The Morgan fingerprint density at radius 1 is 1.39 bits per heavy atom. The lowest BCUT2D eigenvalue weighted by Gasteiger charge is -2.28. The van der Waals surface area contributed by atoms with Crippen molar-refractivity contribution in [2.75, 3.05) is 12.8 Å². The summed E-state index contributed by atoms with van der Waals surface area (Å²) in [5.74, 6) is -1.43. The Morgan fingerprint density at radius 2 is 1.96 bits per heavy atom. The fourth-order valence-corrected chi connectivity index (χ4v) is 2.24. The number of carbonyl (C=O) groups is 1. The topological polar surface area (TPSA) is 96.6 Å². The first-order valence-corrected chi connectivity index (χ1v) is 8.57. The summed E-state index contributed by atoms with van der Waals surface area (Å²) in [6.45, 7) is 1.97. The number of halogens is 3. The third-order valence-electron chi connectivity index (χ3n) is 3.41. The third kappa shape index (κ3) is 4.47. The molecule has 132 valence electrons. The van der Waals surface area contributed by atoms with Crippen LogP contribution in [0.1, 0.15) is 24.9 Å². The standard InChI is InChI=1S/C13H18F3NO5S/c1-8-4-5-10(22-8)12(19,13(14,15)16)6-7-17-11(18)9(2)23(3,20)21/h4-5,9,19H,6-7H2,1-3H3,(H,17,18)/t9-,12-/m1/s1. The van der Waals surface area contributed by atoms with E-state index in [1.54, 1.807) is 0 Å². The molecule has 6 nitrogen and oxygen atoms in total. The van der Waals surface area contributed by atoms with E-state index < -0.39 is 51.5 Å². The molecule has 23 heavy (non-hydrogen) atoms. The summed E-state index contributed by atoms with van der Waals surface area (Å²) in [4.78, 5) is 11.6. The van der Waals surface area contributed by atoms with Crippen LogP contribution in [-0.4, -0.2) is 43.7 Å². The predicted molar refractivity (Wildman–Crippen MR) is 75.3 cm³/mol. The SMILES string of the molecule is Cc1ccc([C@](O)(CCNC(=O)[C@@H](C)S(C)(=O)=O)C(F)(F)F)o1. The van der Waals surface area contributed by atoms with Crippen molar-refractivity contribution in [3.8, 4) is 0 Å². The monoisotopic (exact) mass is 357 g/mol. The summed E-state index contributed by atoms with van der Waals surface area (Å²) in [6, 6.07) is 2.28. The average molecular weight is 357 g/mol. The molecule has 10 heteroatoms. The first-order valence-electron chi connectivity index (χ1n) is 6.61. The fraction of sp³-hybridized carbons (Fsp3) is 0.615. The second-order valence-electron chi connectivity index (χ2n) is 5.28. The number of rotatable bonds is 6. The Labute approximate surface area is 131 Å². The minimum Gasteiger partial charge on any atom is -0.463 e. The van der Waals surface area contributed by atoms with Crippen LogP contribution in [0, 0.1) is 6.92 Å². The van der Waals surface area contributed by atoms with Crippen molar-refractivity contribution in [3.05, 3.63) is 23.7 Å². The van der Waals surface area contributed by atoms with Gasteiger partial charge in [-0.05, 0) is 26.0 Å². The van der Waals surface area contributed by atoms with Crippen molar-refractivity contribution in [2.24, 2.45) is 0 Å². The molecule has 2 atom stereocenters. The molecule has 1 amide bonds. The lowest BCUT2D eigenvalue weighted by Crippen LogP contribution is -2.46. The molecule has 0 spiro atoms. The molecule has 0 unspecified atom stereocenters. The Bertz CT molecular complexity index is 667. The number of alkyl halides is 3. The molecule has 0 aliphatic carbocycles. The van der Waals surface area contributed by atoms with Crippen LogP contribution in [0.25, 0.3) is 0 Å². The van der Waals surface area contributed by atoms with Gasteiger partial charge in [0, 0.05) is 19.2 Å². The number of aliphatic hydroxyl groups is 1. The molecule has 0 aromatic carbocycles. The van der Waals surface area contributed by atoms with Gasteiger partial charge >= 0.3 is 6.18 Å². The van der Waals surface area contributed by atoms with E-state index in [1.807, 2.05) is 0 Å². The normalized spacial score (nSPS) is 16.7. The largest absolute Gasteiger partial charge is 0.463 e. The molecule has 0 radical (unpaired) electrons. The van der Waals surface area contributed by atoms with Crippen molar-refractivity contribution in [2.45, 2.75) is 37.3 Å². The lowest BCUT2D eigenvalue weighted by molar-refractivity contribution is -0.274. The second kappa shape index (κ2) is 6.52. The third-order valence-corrected chi connectivity index (χ3v) is 4.91. The van der Waals surface area contributed by atoms with Crippen molar-refractivity contribution in [3.63, 3.8) is 0 Å². The van der Waals surface area contributed by atoms with Gasteiger partial charge < -0.3 is 14.8 Å². The summed E-state index contributed by atoms with van der Waals surface area (Å²) in [5.41, 5.74) is -3.27. The minimum absolute atomic E-state index is 0.192. The molecule has 2 N–H and O–H groups in total. The van der Waals surface area contributed by atoms with E-state index in [9.17, 15) is 31.5 Å². The fourth-order valence-electron chi connectivity index (χ4n) is 1.77. The first kappa shape index (κ1) is 19.5. The van der Waals surface area contributed by atoms with Crippen LogP contribution in [0.2, 0.25) is 0 Å². The molecular formula is C13H18F3NO5S. The average Bonchev–Trinajstić information content (AvgIpc) is 2.82. The highest BCUT2D eigenvalue weighted by molar-refractivity contribution is 7.92. The Morgan fingerprint density at radius 3 is 2.35 bits per heavy atom. The van der Waals surface area contributed by atoms with Gasteiger partial charge in [0.05, 0.1) is 0 Å². The van der Waals surface area contributed by atoms with Crippen molar-refractivity contribution < 1.29 is 35.9 Å². The molecule has 1 aromatic rings. The Balaban J connectivity index is 2.84. The van der Waals surface area contributed by atoms with E-state index in [0.29, 0.717) is 0 Å². The molecule has 0 saturated heterocycles. The molecular weight excluding hydrogens is 339 g/mol. The number of nitrogens with one attached hydrogen (secondary N) is 1. The van der Waals surface area contributed by atoms with Gasteiger partial charge in [-0.2, -0.15) is 13.2 Å². The van der Waals surface area contributed by atoms with Gasteiger partial charge in [0.25, 0.3) is 0 Å². The number of carbonyl (C=O) groups excluding carboxylic acids is 1. The number of furan rings is 1. The Hall–Kier alpha value is -1.55. The van der Waals surface area contributed by atoms with Crippen molar-refractivity contribution in [1.29, 1.82) is 0 Å². The molecule has 0 saturated carbocycles. The van der Waals surface area contributed by atoms with Crippen LogP contribution in [0.15, 0.2) is 16.5 Å². The minimum atomic E-state index is -5.02. The van der Waals surface area contributed by atoms with Crippen LogP contribution >= 0.6 is 0 Å². The quantitative estimate of drug-likeness (QED) is 0.799. The summed E-state index contributed by atoms with van der Waals surface area (Å²) in [6.07, 6.45) is -5.09. The maximum absolute atomic E-state index is 13.2. The summed E-state index contributed by atoms with van der Waals surface area (Å²) in [7, 11) is -3.66. The zero-order valence-electron chi connectivity index (χ0n) is 12.8. The van der Waals surface area contributed by atoms with Crippen molar-refractivity contribution >= 4 is 15.7 Å². The van der Waals surface area contributed by atoms with E-state index in [1.165, 1.54) is 13.0 Å². The number of hydrogen-bond donors (Lipinski definition) is 2. The van der Waals surface area contributed by atoms with Gasteiger partial charge in [-0.1, -0.05) is 0 Å². The van der Waals surface area contributed by atoms with Crippen LogP contribution in [0.5, 0.6) is 0 Å². The van der Waals surface area contributed by atoms with E-state index in [2.05, 4.69) is 5.32 Å². The van der Waals surface area contributed by atoms with Crippen LogP contribution in [0.4, 0.5) is 13.2 Å². The highest BCUT2D eigenvalue weighted by Crippen LogP contribution is 2.41. The van der Waals surface area contributed by atoms with E-state index in [-0.39, 0.29) is 5.76 Å².